The first-order chi connectivity index (χ1) is 14.2. The van der Waals surface area contributed by atoms with E-state index in [1.807, 2.05) is 41.1 Å². The van der Waals surface area contributed by atoms with E-state index >= 15 is 0 Å². The van der Waals surface area contributed by atoms with Crippen molar-refractivity contribution in [3.63, 3.8) is 0 Å². The maximum absolute atomic E-state index is 12.0. The Morgan fingerprint density at radius 2 is 2.07 bits per heavy atom. The molecule has 0 atom stereocenters. The molecule has 1 saturated heterocycles. The highest BCUT2D eigenvalue weighted by atomic mass is 35.5. The number of hydrogen-bond acceptors (Lipinski definition) is 6. The number of benzene rings is 1. The summed E-state index contributed by atoms with van der Waals surface area (Å²) in [5.74, 6) is 0.920. The standard InChI is InChI=1S/C19H16ClN7O2/c20-12-1-3-14(4-2-12)26-10-13(23-11-26)9-22-18-24-16-15(5-6-21-16)17(25-18)27-7-8-29-19(27)28/h1-6,10-11H,7-9H2,(H2,21,22,24,25). The number of imidazole rings is 1. The van der Waals surface area contributed by atoms with Crippen LogP contribution in [0.3, 0.4) is 0 Å². The number of anilines is 2. The molecule has 5 rings (SSSR count). The maximum atomic E-state index is 12.0. The summed E-state index contributed by atoms with van der Waals surface area (Å²) < 4.78 is 6.95. The normalized spacial score (nSPS) is 13.8. The van der Waals surface area contributed by atoms with E-state index in [9.17, 15) is 4.79 Å². The predicted octanol–water partition coefficient (Wildman–Crippen LogP) is 3.37. The highest BCUT2D eigenvalue weighted by molar-refractivity contribution is 6.30. The molecule has 1 aliphatic heterocycles. The number of amides is 1. The second kappa shape index (κ2) is 7.10. The van der Waals surface area contributed by atoms with Crippen LogP contribution < -0.4 is 10.2 Å². The molecule has 1 aromatic carbocycles. The quantitative estimate of drug-likeness (QED) is 0.524. The van der Waals surface area contributed by atoms with Crippen LogP contribution in [-0.4, -0.2) is 43.7 Å². The molecule has 0 spiro atoms. The van der Waals surface area contributed by atoms with Crippen LogP contribution in [0.25, 0.3) is 16.7 Å². The van der Waals surface area contributed by atoms with E-state index in [1.54, 1.807) is 12.5 Å². The van der Waals surface area contributed by atoms with Crippen LogP contribution in [0.4, 0.5) is 16.6 Å². The van der Waals surface area contributed by atoms with Gasteiger partial charge in [0, 0.05) is 23.1 Å². The van der Waals surface area contributed by atoms with E-state index in [4.69, 9.17) is 16.3 Å². The summed E-state index contributed by atoms with van der Waals surface area (Å²) in [7, 11) is 0. The second-order valence-corrected chi connectivity index (χ2v) is 6.92. The molecule has 1 aliphatic rings. The van der Waals surface area contributed by atoms with E-state index in [0.717, 1.165) is 16.8 Å². The van der Waals surface area contributed by atoms with Gasteiger partial charge in [0.2, 0.25) is 5.95 Å². The molecule has 4 aromatic rings. The largest absolute Gasteiger partial charge is 0.447 e. The van der Waals surface area contributed by atoms with Crippen molar-refractivity contribution < 1.29 is 9.53 Å². The highest BCUT2D eigenvalue weighted by Gasteiger charge is 2.27. The Hall–Kier alpha value is -3.59. The van der Waals surface area contributed by atoms with Crippen molar-refractivity contribution >= 4 is 40.5 Å². The molecule has 4 heterocycles. The Bertz CT molecular complexity index is 1180. The van der Waals surface area contributed by atoms with Crippen molar-refractivity contribution in [1.29, 1.82) is 0 Å². The van der Waals surface area contributed by atoms with Gasteiger partial charge >= 0.3 is 6.09 Å². The molecule has 0 unspecified atom stereocenters. The van der Waals surface area contributed by atoms with Crippen LogP contribution in [0.1, 0.15) is 5.69 Å². The van der Waals surface area contributed by atoms with Gasteiger partial charge in [0.15, 0.2) is 5.82 Å². The number of aromatic nitrogens is 5. The number of fused-ring (bicyclic) bond motifs is 1. The summed E-state index contributed by atoms with van der Waals surface area (Å²) >= 11 is 5.94. The molecular formula is C19H16ClN7O2. The smallest absolute Gasteiger partial charge is 0.415 e. The average Bonchev–Trinajstić information content (AvgIpc) is 3.47. The summed E-state index contributed by atoms with van der Waals surface area (Å²) in [5, 5.41) is 4.63. The first-order valence-electron chi connectivity index (χ1n) is 8.99. The van der Waals surface area contributed by atoms with E-state index < -0.39 is 6.09 Å². The highest BCUT2D eigenvalue weighted by Crippen LogP contribution is 2.27. The molecule has 1 amide bonds. The third kappa shape index (κ3) is 3.36. The van der Waals surface area contributed by atoms with Crippen LogP contribution in [0.15, 0.2) is 49.1 Å². The molecule has 0 radical (unpaired) electrons. The zero-order chi connectivity index (χ0) is 19.8. The van der Waals surface area contributed by atoms with Crippen molar-refractivity contribution in [3.8, 4) is 5.69 Å². The summed E-state index contributed by atoms with van der Waals surface area (Å²) in [6, 6.07) is 9.35. The average molecular weight is 410 g/mol. The van der Waals surface area contributed by atoms with Gasteiger partial charge in [0.25, 0.3) is 0 Å². The fourth-order valence-electron chi connectivity index (χ4n) is 3.17. The number of ether oxygens (including phenoxy) is 1. The van der Waals surface area contributed by atoms with Crippen LogP contribution in [-0.2, 0) is 11.3 Å². The number of carbonyl (C=O) groups excluding carboxylic acids is 1. The van der Waals surface area contributed by atoms with Crippen LogP contribution in [0, 0.1) is 0 Å². The summed E-state index contributed by atoms with van der Waals surface area (Å²) in [5.41, 5.74) is 2.42. The first kappa shape index (κ1) is 17.5. The molecule has 0 bridgehead atoms. The molecule has 0 aliphatic carbocycles. The lowest BCUT2D eigenvalue weighted by Gasteiger charge is -2.14. The molecule has 29 heavy (non-hydrogen) atoms. The van der Waals surface area contributed by atoms with Crippen molar-refractivity contribution in [2.45, 2.75) is 6.54 Å². The molecule has 2 N–H and O–H groups in total. The number of nitrogens with one attached hydrogen (secondary N) is 2. The number of cyclic esters (lactones) is 1. The molecule has 10 heteroatoms. The van der Waals surface area contributed by atoms with Crippen molar-refractivity contribution in [3.05, 3.63) is 59.8 Å². The van der Waals surface area contributed by atoms with Gasteiger partial charge in [0.05, 0.1) is 30.5 Å². The summed E-state index contributed by atoms with van der Waals surface area (Å²) in [4.78, 5) is 30.0. The van der Waals surface area contributed by atoms with E-state index in [0.29, 0.717) is 42.1 Å². The van der Waals surface area contributed by atoms with E-state index in [2.05, 4.69) is 25.3 Å². The first-order valence-corrected chi connectivity index (χ1v) is 9.37. The Kier molecular flexibility index (Phi) is 4.28. The molecule has 146 valence electrons. The number of halogens is 1. The molecular weight excluding hydrogens is 394 g/mol. The topological polar surface area (TPSA) is 101 Å². The summed E-state index contributed by atoms with van der Waals surface area (Å²) in [6.45, 7) is 1.23. The van der Waals surface area contributed by atoms with Crippen molar-refractivity contribution in [1.82, 2.24) is 24.5 Å². The Balaban J connectivity index is 1.37. The second-order valence-electron chi connectivity index (χ2n) is 6.48. The Morgan fingerprint density at radius 1 is 1.21 bits per heavy atom. The minimum absolute atomic E-state index is 0.347. The molecule has 3 aromatic heterocycles. The lowest BCUT2D eigenvalue weighted by Crippen LogP contribution is -2.25. The number of aromatic amines is 1. The minimum atomic E-state index is -0.404. The van der Waals surface area contributed by atoms with Gasteiger partial charge in [-0.3, -0.25) is 4.90 Å². The van der Waals surface area contributed by atoms with Crippen molar-refractivity contribution in [2.75, 3.05) is 23.4 Å². The fourth-order valence-corrected chi connectivity index (χ4v) is 3.30. The maximum Gasteiger partial charge on any atom is 0.415 e. The third-order valence-electron chi connectivity index (χ3n) is 4.60. The fraction of sp³-hybridized carbons (Fsp3) is 0.158. The van der Waals surface area contributed by atoms with Gasteiger partial charge in [-0.25, -0.2) is 9.78 Å². The molecule has 9 nitrogen and oxygen atoms in total. The number of carbonyl (C=O) groups is 1. The lowest BCUT2D eigenvalue weighted by molar-refractivity contribution is 0.181. The molecule has 1 fully saturated rings. The number of H-pyrrole nitrogens is 1. The van der Waals surface area contributed by atoms with Crippen LogP contribution in [0.5, 0.6) is 0 Å². The summed E-state index contributed by atoms with van der Waals surface area (Å²) in [6.07, 6.45) is 5.02. The Morgan fingerprint density at radius 3 is 2.86 bits per heavy atom. The number of rotatable bonds is 5. The zero-order valence-electron chi connectivity index (χ0n) is 15.2. The Labute approximate surface area is 170 Å². The third-order valence-corrected chi connectivity index (χ3v) is 4.85. The van der Waals surface area contributed by atoms with Gasteiger partial charge in [-0.2, -0.15) is 9.97 Å². The van der Waals surface area contributed by atoms with Crippen LogP contribution >= 0.6 is 11.6 Å². The van der Waals surface area contributed by atoms with Gasteiger partial charge in [-0.05, 0) is 30.3 Å². The van der Waals surface area contributed by atoms with Gasteiger partial charge in [0.1, 0.15) is 12.3 Å². The van der Waals surface area contributed by atoms with Gasteiger partial charge in [-0.15, -0.1) is 0 Å². The minimum Gasteiger partial charge on any atom is -0.447 e. The monoisotopic (exact) mass is 409 g/mol. The zero-order valence-corrected chi connectivity index (χ0v) is 15.9. The van der Waals surface area contributed by atoms with E-state index in [1.165, 1.54) is 4.90 Å². The SMILES string of the molecule is O=C1OCCN1c1nc(NCc2cn(-c3ccc(Cl)cc3)cn2)nc2[nH]ccc12. The van der Waals surface area contributed by atoms with Gasteiger partial charge < -0.3 is 19.6 Å². The lowest BCUT2D eigenvalue weighted by atomic mass is 10.3. The number of hydrogen-bond donors (Lipinski definition) is 2. The number of nitrogens with zero attached hydrogens (tertiary/aromatic N) is 5. The predicted molar refractivity (Wildman–Crippen MR) is 108 cm³/mol. The van der Waals surface area contributed by atoms with Crippen molar-refractivity contribution in [2.24, 2.45) is 0 Å². The van der Waals surface area contributed by atoms with Gasteiger partial charge in [-0.1, -0.05) is 11.6 Å². The van der Waals surface area contributed by atoms with Crippen LogP contribution in [0.2, 0.25) is 5.02 Å². The van der Waals surface area contributed by atoms with E-state index in [-0.39, 0.29) is 0 Å². The molecule has 0 saturated carbocycles.